The van der Waals surface area contributed by atoms with E-state index in [1.807, 2.05) is 25.1 Å². The molecule has 2 aromatic rings. The highest BCUT2D eigenvalue weighted by Gasteiger charge is 2.29. The molecule has 1 N–H and O–H groups in total. The number of pyridine rings is 1. The summed E-state index contributed by atoms with van der Waals surface area (Å²) in [5.41, 5.74) is 2.33. The zero-order chi connectivity index (χ0) is 14.2. The first kappa shape index (κ1) is 12.8. The van der Waals surface area contributed by atoms with E-state index in [0.717, 1.165) is 11.4 Å². The molecule has 5 nitrogen and oxygen atoms in total. The number of amidine groups is 1. The van der Waals surface area contributed by atoms with Crippen molar-refractivity contribution in [2.45, 2.75) is 18.4 Å². The number of nitrogens with zero attached hydrogens (tertiary/aromatic N) is 2. The maximum Gasteiger partial charge on any atom is 0.263 e. The second-order valence-corrected chi connectivity index (χ2v) is 6.19. The largest absolute Gasteiger partial charge is 0.263 e. The molecular weight excluding hydrogens is 274 g/mol. The quantitative estimate of drug-likeness (QED) is 0.912. The minimum atomic E-state index is -3.47. The average Bonchev–Trinajstić information content (AvgIpc) is 2.69. The smallest absolute Gasteiger partial charge is 0.263 e. The molecule has 1 aliphatic heterocycles. The van der Waals surface area contributed by atoms with Gasteiger partial charge in [0, 0.05) is 11.3 Å². The predicted octanol–water partition coefficient (Wildman–Crippen LogP) is 1.63. The minimum Gasteiger partial charge on any atom is -0.263 e. The normalized spacial score (nSPS) is 17.8. The van der Waals surface area contributed by atoms with Crippen LogP contribution >= 0.6 is 0 Å². The van der Waals surface area contributed by atoms with E-state index < -0.39 is 10.0 Å². The molecule has 102 valence electrons. The lowest BCUT2D eigenvalue weighted by Gasteiger charge is -2.00. The maximum atomic E-state index is 11.9. The van der Waals surface area contributed by atoms with Gasteiger partial charge in [-0.2, -0.15) is 0 Å². The van der Waals surface area contributed by atoms with Crippen molar-refractivity contribution in [2.75, 3.05) is 0 Å². The van der Waals surface area contributed by atoms with Crippen LogP contribution in [0, 0.1) is 6.92 Å². The van der Waals surface area contributed by atoms with E-state index in [4.69, 9.17) is 0 Å². The third-order valence-electron chi connectivity index (χ3n) is 3.01. The van der Waals surface area contributed by atoms with E-state index in [9.17, 15) is 8.42 Å². The van der Waals surface area contributed by atoms with Crippen LogP contribution in [0.15, 0.2) is 52.4 Å². The summed E-state index contributed by atoms with van der Waals surface area (Å²) < 4.78 is 26.3. The van der Waals surface area contributed by atoms with Crippen molar-refractivity contribution in [1.82, 2.24) is 9.71 Å². The Morgan fingerprint density at radius 2 is 1.95 bits per heavy atom. The van der Waals surface area contributed by atoms with Gasteiger partial charge in [-0.05, 0) is 31.2 Å². The lowest BCUT2D eigenvalue weighted by atomic mass is 10.2. The molecular formula is C14H13N3O2S. The number of benzene rings is 1. The summed E-state index contributed by atoms with van der Waals surface area (Å²) in [6, 6.07) is 12.5. The fourth-order valence-electron chi connectivity index (χ4n) is 2.10. The third-order valence-corrected chi connectivity index (χ3v) is 4.41. The van der Waals surface area contributed by atoms with Crippen molar-refractivity contribution < 1.29 is 8.42 Å². The number of sulfonamides is 1. The van der Waals surface area contributed by atoms with Crippen LogP contribution in [0.1, 0.15) is 17.0 Å². The second-order valence-electron chi connectivity index (χ2n) is 4.54. The van der Waals surface area contributed by atoms with Crippen LogP contribution in [0.5, 0.6) is 0 Å². The molecule has 3 rings (SSSR count). The van der Waals surface area contributed by atoms with Gasteiger partial charge in [0.1, 0.15) is 5.84 Å². The molecule has 0 unspecified atom stereocenters. The Morgan fingerprint density at radius 1 is 1.15 bits per heavy atom. The Bertz CT molecular complexity index is 798. The number of fused-ring (bicyclic) bond motifs is 1. The lowest BCUT2D eigenvalue weighted by Crippen LogP contribution is -2.22. The highest BCUT2D eigenvalue weighted by Crippen LogP contribution is 2.22. The fraction of sp³-hybridized carbons (Fsp3) is 0.143. The van der Waals surface area contributed by atoms with Crippen molar-refractivity contribution in [2.24, 2.45) is 4.99 Å². The number of aliphatic imine (C=N–C) groups is 1. The molecule has 20 heavy (non-hydrogen) atoms. The first-order valence-corrected chi connectivity index (χ1v) is 7.64. The standard InChI is InChI=1S/C14H13N3O2S/c1-10-5-4-6-11(16-10)9-15-14-12-7-2-3-8-13(12)20(18,19)17-14/h2-8H,9H2,1H3,(H,15,17). The number of hydrogen-bond donors (Lipinski definition) is 1. The monoisotopic (exact) mass is 287 g/mol. The van der Waals surface area contributed by atoms with E-state index >= 15 is 0 Å². The predicted molar refractivity (Wildman–Crippen MR) is 76.0 cm³/mol. The van der Waals surface area contributed by atoms with Crippen molar-refractivity contribution in [3.05, 3.63) is 59.4 Å². The van der Waals surface area contributed by atoms with Crippen LogP contribution in [0.3, 0.4) is 0 Å². The van der Waals surface area contributed by atoms with Gasteiger partial charge < -0.3 is 0 Å². The van der Waals surface area contributed by atoms with Crippen LogP contribution in [0.2, 0.25) is 0 Å². The minimum absolute atomic E-state index is 0.274. The van der Waals surface area contributed by atoms with Gasteiger partial charge in [-0.1, -0.05) is 18.2 Å². The summed E-state index contributed by atoms with van der Waals surface area (Å²) in [5, 5.41) is 0. The van der Waals surface area contributed by atoms with Gasteiger partial charge in [-0.15, -0.1) is 0 Å². The molecule has 0 saturated carbocycles. The Kier molecular flexibility index (Phi) is 3.02. The SMILES string of the molecule is Cc1cccc(CN=C2NS(=O)(=O)c3ccccc32)n1. The fourth-order valence-corrected chi connectivity index (χ4v) is 3.35. The molecule has 2 heterocycles. The highest BCUT2D eigenvalue weighted by atomic mass is 32.2. The molecule has 1 aromatic heterocycles. The van der Waals surface area contributed by atoms with E-state index in [-0.39, 0.29) is 4.90 Å². The summed E-state index contributed by atoms with van der Waals surface area (Å²) in [6.07, 6.45) is 0. The van der Waals surface area contributed by atoms with E-state index in [1.54, 1.807) is 24.3 Å². The molecule has 0 radical (unpaired) electrons. The third kappa shape index (κ3) is 2.30. The number of rotatable bonds is 2. The van der Waals surface area contributed by atoms with Crippen LogP contribution in [0.4, 0.5) is 0 Å². The lowest BCUT2D eigenvalue weighted by molar-refractivity contribution is 0.595. The zero-order valence-corrected chi connectivity index (χ0v) is 11.7. The van der Waals surface area contributed by atoms with Gasteiger partial charge in [0.2, 0.25) is 0 Å². The van der Waals surface area contributed by atoms with E-state index in [0.29, 0.717) is 17.9 Å². The van der Waals surface area contributed by atoms with Crippen LogP contribution in [-0.4, -0.2) is 19.2 Å². The van der Waals surface area contributed by atoms with Crippen LogP contribution < -0.4 is 4.72 Å². The average molecular weight is 287 g/mol. The van der Waals surface area contributed by atoms with Crippen molar-refractivity contribution >= 4 is 15.9 Å². The van der Waals surface area contributed by atoms with Gasteiger partial charge in [0.05, 0.1) is 17.1 Å². The summed E-state index contributed by atoms with van der Waals surface area (Å²) in [4.78, 5) is 8.95. The van der Waals surface area contributed by atoms with Gasteiger partial charge >= 0.3 is 0 Å². The van der Waals surface area contributed by atoms with Crippen LogP contribution in [-0.2, 0) is 16.6 Å². The Balaban J connectivity index is 1.95. The number of nitrogens with one attached hydrogen (secondary N) is 1. The summed E-state index contributed by atoms with van der Waals surface area (Å²) in [5.74, 6) is 0.379. The van der Waals surface area contributed by atoms with E-state index in [2.05, 4.69) is 14.7 Å². The van der Waals surface area contributed by atoms with Gasteiger partial charge in [0.15, 0.2) is 0 Å². The molecule has 6 heteroatoms. The van der Waals surface area contributed by atoms with Crippen molar-refractivity contribution in [3.63, 3.8) is 0 Å². The summed E-state index contributed by atoms with van der Waals surface area (Å²) in [7, 11) is -3.47. The molecule has 0 aliphatic carbocycles. The Labute approximate surface area is 117 Å². The molecule has 0 fully saturated rings. The number of hydrogen-bond acceptors (Lipinski definition) is 4. The van der Waals surface area contributed by atoms with Crippen molar-refractivity contribution in [3.8, 4) is 0 Å². The maximum absolute atomic E-state index is 11.9. The van der Waals surface area contributed by atoms with Gasteiger partial charge in [-0.25, -0.2) is 8.42 Å². The Morgan fingerprint density at radius 3 is 2.75 bits per heavy atom. The molecule has 1 aliphatic rings. The zero-order valence-electron chi connectivity index (χ0n) is 10.9. The van der Waals surface area contributed by atoms with Crippen LogP contribution in [0.25, 0.3) is 0 Å². The molecule has 0 spiro atoms. The summed E-state index contributed by atoms with van der Waals surface area (Å²) >= 11 is 0. The molecule has 1 aromatic carbocycles. The van der Waals surface area contributed by atoms with E-state index in [1.165, 1.54) is 0 Å². The van der Waals surface area contributed by atoms with Gasteiger partial charge in [-0.3, -0.25) is 14.7 Å². The number of aromatic nitrogens is 1. The summed E-state index contributed by atoms with van der Waals surface area (Å²) in [6.45, 7) is 2.25. The topological polar surface area (TPSA) is 71.4 Å². The first-order chi connectivity index (χ1) is 9.56. The Hall–Kier alpha value is -2.21. The molecule has 0 amide bonds. The van der Waals surface area contributed by atoms with Gasteiger partial charge in [0.25, 0.3) is 10.0 Å². The second kappa shape index (κ2) is 4.72. The highest BCUT2D eigenvalue weighted by molar-refractivity contribution is 7.90. The molecule has 0 bridgehead atoms. The number of aryl methyl sites for hydroxylation is 1. The molecule has 0 saturated heterocycles. The molecule has 0 atom stereocenters. The first-order valence-electron chi connectivity index (χ1n) is 6.15. The van der Waals surface area contributed by atoms with Crippen molar-refractivity contribution in [1.29, 1.82) is 0 Å².